The molecule has 0 aliphatic rings. The summed E-state index contributed by atoms with van der Waals surface area (Å²) in [6.07, 6.45) is 4.20. The van der Waals surface area contributed by atoms with E-state index in [4.69, 9.17) is 4.74 Å². The van der Waals surface area contributed by atoms with E-state index in [0.29, 0.717) is 12.2 Å². The van der Waals surface area contributed by atoms with Crippen LogP contribution in [0.5, 0.6) is 0 Å². The summed E-state index contributed by atoms with van der Waals surface area (Å²) in [6, 6.07) is 8.86. The van der Waals surface area contributed by atoms with E-state index in [1.54, 1.807) is 24.3 Å². The van der Waals surface area contributed by atoms with E-state index in [1.807, 2.05) is 6.07 Å². The first-order valence-electron chi connectivity index (χ1n) is 6.54. The molecule has 0 aliphatic carbocycles. The van der Waals surface area contributed by atoms with E-state index in [1.165, 1.54) is 6.92 Å². The topological polar surface area (TPSA) is 46.5 Å². The first-order chi connectivity index (χ1) is 8.59. The van der Waals surface area contributed by atoms with Gasteiger partial charge >= 0.3 is 5.97 Å². The summed E-state index contributed by atoms with van der Waals surface area (Å²) in [6.45, 7) is 3.98. The lowest BCUT2D eigenvalue weighted by molar-refractivity contribution is -0.164. The number of ether oxygens (including phenoxy) is 1. The molecule has 1 aromatic carbocycles. The van der Waals surface area contributed by atoms with E-state index < -0.39 is 11.6 Å². The number of unbranched alkanes of at least 4 members (excludes halogenated alkanes) is 3. The Morgan fingerprint density at radius 3 is 2.50 bits per heavy atom. The fourth-order valence-electron chi connectivity index (χ4n) is 1.71. The molecule has 1 N–H and O–H groups in total. The van der Waals surface area contributed by atoms with E-state index in [-0.39, 0.29) is 0 Å². The summed E-state index contributed by atoms with van der Waals surface area (Å²) in [7, 11) is 0. The Morgan fingerprint density at radius 1 is 1.22 bits per heavy atom. The molecule has 1 aromatic rings. The van der Waals surface area contributed by atoms with Gasteiger partial charge in [-0.25, -0.2) is 4.79 Å². The highest BCUT2D eigenvalue weighted by molar-refractivity contribution is 5.80. The third-order valence-corrected chi connectivity index (χ3v) is 2.96. The minimum atomic E-state index is -1.56. The lowest BCUT2D eigenvalue weighted by Crippen LogP contribution is -2.34. The highest BCUT2D eigenvalue weighted by Crippen LogP contribution is 2.21. The number of hydrogen-bond donors (Lipinski definition) is 1. The maximum Gasteiger partial charge on any atom is 0.342 e. The molecule has 0 bridgehead atoms. The predicted molar refractivity (Wildman–Crippen MR) is 71.1 cm³/mol. The van der Waals surface area contributed by atoms with Crippen LogP contribution in [-0.4, -0.2) is 17.7 Å². The number of aliphatic hydroxyl groups is 1. The highest BCUT2D eigenvalue weighted by atomic mass is 16.5. The number of hydrogen-bond acceptors (Lipinski definition) is 3. The second kappa shape index (κ2) is 7.17. The number of benzene rings is 1. The van der Waals surface area contributed by atoms with Crippen molar-refractivity contribution in [2.45, 2.75) is 45.1 Å². The fourth-order valence-corrected chi connectivity index (χ4v) is 1.71. The van der Waals surface area contributed by atoms with Gasteiger partial charge in [-0.2, -0.15) is 0 Å². The molecule has 0 aromatic heterocycles. The summed E-state index contributed by atoms with van der Waals surface area (Å²) < 4.78 is 5.12. The molecule has 0 amide bonds. The van der Waals surface area contributed by atoms with Gasteiger partial charge in [-0.3, -0.25) is 0 Å². The molecule has 0 spiro atoms. The van der Waals surface area contributed by atoms with Crippen molar-refractivity contribution in [1.82, 2.24) is 0 Å². The van der Waals surface area contributed by atoms with Crippen molar-refractivity contribution in [2.75, 3.05) is 6.61 Å². The first-order valence-corrected chi connectivity index (χ1v) is 6.54. The van der Waals surface area contributed by atoms with Crippen LogP contribution in [0.15, 0.2) is 30.3 Å². The van der Waals surface area contributed by atoms with Crippen molar-refractivity contribution in [3.05, 3.63) is 35.9 Å². The molecule has 0 aliphatic heterocycles. The first kappa shape index (κ1) is 14.7. The van der Waals surface area contributed by atoms with Gasteiger partial charge in [0.25, 0.3) is 0 Å². The molecule has 1 unspecified atom stereocenters. The Labute approximate surface area is 109 Å². The van der Waals surface area contributed by atoms with Gasteiger partial charge in [-0.15, -0.1) is 0 Å². The Kier molecular flexibility index (Phi) is 5.86. The van der Waals surface area contributed by atoms with E-state index >= 15 is 0 Å². The molecular weight excluding hydrogens is 228 g/mol. The minimum Gasteiger partial charge on any atom is -0.463 e. The molecule has 3 nitrogen and oxygen atoms in total. The molecule has 0 heterocycles. The molecule has 100 valence electrons. The molecule has 0 radical (unpaired) electrons. The van der Waals surface area contributed by atoms with Gasteiger partial charge in [0.15, 0.2) is 5.60 Å². The van der Waals surface area contributed by atoms with Crippen LogP contribution in [0.25, 0.3) is 0 Å². The number of carbonyl (C=O) groups excluding carboxylic acids is 1. The molecule has 1 rings (SSSR count). The van der Waals surface area contributed by atoms with Crippen LogP contribution in [0.3, 0.4) is 0 Å². The molecule has 3 heteroatoms. The molecule has 0 saturated carbocycles. The van der Waals surface area contributed by atoms with Crippen LogP contribution < -0.4 is 0 Å². The summed E-state index contributed by atoms with van der Waals surface area (Å²) in [5.41, 5.74) is -1.00. The largest absolute Gasteiger partial charge is 0.463 e. The van der Waals surface area contributed by atoms with Gasteiger partial charge in [-0.1, -0.05) is 56.5 Å². The number of esters is 1. The Bertz CT molecular complexity index is 357. The normalized spacial score (nSPS) is 13.9. The summed E-state index contributed by atoms with van der Waals surface area (Å²) >= 11 is 0. The van der Waals surface area contributed by atoms with E-state index in [2.05, 4.69) is 6.92 Å². The van der Waals surface area contributed by atoms with E-state index in [0.717, 1.165) is 25.7 Å². The SMILES string of the molecule is CCCCCCOC(=O)C(C)(O)c1ccccc1. The Balaban J connectivity index is 2.45. The van der Waals surface area contributed by atoms with Gasteiger partial charge in [-0.05, 0) is 18.9 Å². The lowest BCUT2D eigenvalue weighted by Gasteiger charge is -2.21. The second-order valence-corrected chi connectivity index (χ2v) is 4.63. The van der Waals surface area contributed by atoms with Crippen LogP contribution in [-0.2, 0) is 15.1 Å². The number of rotatable bonds is 7. The van der Waals surface area contributed by atoms with Gasteiger partial charge in [0.1, 0.15) is 0 Å². The van der Waals surface area contributed by atoms with E-state index in [9.17, 15) is 9.90 Å². The van der Waals surface area contributed by atoms with Crippen molar-refractivity contribution >= 4 is 5.97 Å². The van der Waals surface area contributed by atoms with Gasteiger partial charge in [0.05, 0.1) is 6.61 Å². The van der Waals surface area contributed by atoms with Crippen LogP contribution in [0.4, 0.5) is 0 Å². The Morgan fingerprint density at radius 2 is 1.89 bits per heavy atom. The van der Waals surface area contributed by atoms with Crippen LogP contribution in [0.1, 0.15) is 45.1 Å². The zero-order valence-electron chi connectivity index (χ0n) is 11.2. The zero-order valence-corrected chi connectivity index (χ0v) is 11.2. The van der Waals surface area contributed by atoms with Crippen molar-refractivity contribution in [3.8, 4) is 0 Å². The second-order valence-electron chi connectivity index (χ2n) is 4.63. The zero-order chi connectivity index (χ0) is 13.4. The molecule has 0 fully saturated rings. The van der Waals surface area contributed by atoms with Gasteiger partial charge in [0.2, 0.25) is 0 Å². The maximum atomic E-state index is 11.8. The smallest absolute Gasteiger partial charge is 0.342 e. The monoisotopic (exact) mass is 250 g/mol. The maximum absolute atomic E-state index is 11.8. The molecule has 0 saturated heterocycles. The van der Waals surface area contributed by atoms with Crippen molar-refractivity contribution in [1.29, 1.82) is 0 Å². The predicted octanol–water partition coefficient (Wildman–Crippen LogP) is 3.02. The quantitative estimate of drug-likeness (QED) is 0.597. The van der Waals surface area contributed by atoms with Crippen molar-refractivity contribution in [2.24, 2.45) is 0 Å². The average Bonchev–Trinajstić information content (AvgIpc) is 2.39. The highest BCUT2D eigenvalue weighted by Gasteiger charge is 2.33. The van der Waals surface area contributed by atoms with Gasteiger partial charge in [0, 0.05) is 0 Å². The van der Waals surface area contributed by atoms with Gasteiger partial charge < -0.3 is 9.84 Å². The van der Waals surface area contributed by atoms with Crippen molar-refractivity contribution < 1.29 is 14.6 Å². The standard InChI is InChI=1S/C15H22O3/c1-3-4-5-9-12-18-14(16)15(2,17)13-10-7-6-8-11-13/h6-8,10-11,17H,3-5,9,12H2,1-2H3. The summed E-state index contributed by atoms with van der Waals surface area (Å²) in [5.74, 6) is -0.579. The lowest BCUT2D eigenvalue weighted by atomic mass is 9.96. The van der Waals surface area contributed by atoms with Crippen LogP contribution >= 0.6 is 0 Å². The number of carbonyl (C=O) groups is 1. The molecule has 1 atom stereocenters. The third kappa shape index (κ3) is 4.15. The molecule has 18 heavy (non-hydrogen) atoms. The van der Waals surface area contributed by atoms with Crippen LogP contribution in [0.2, 0.25) is 0 Å². The fraction of sp³-hybridized carbons (Fsp3) is 0.533. The van der Waals surface area contributed by atoms with Crippen LogP contribution in [0, 0.1) is 0 Å². The summed E-state index contributed by atoms with van der Waals surface area (Å²) in [5, 5.41) is 10.2. The average molecular weight is 250 g/mol. The Hall–Kier alpha value is -1.35. The summed E-state index contributed by atoms with van der Waals surface area (Å²) in [4.78, 5) is 11.8. The molecular formula is C15H22O3. The minimum absolute atomic E-state index is 0.377. The van der Waals surface area contributed by atoms with Crippen molar-refractivity contribution in [3.63, 3.8) is 0 Å². The third-order valence-electron chi connectivity index (χ3n) is 2.96.